The fourth-order valence-corrected chi connectivity index (χ4v) is 2.99. The summed E-state index contributed by atoms with van der Waals surface area (Å²) in [5.41, 5.74) is 0. The first-order valence-electron chi connectivity index (χ1n) is 6.34. The van der Waals surface area contributed by atoms with Gasteiger partial charge >= 0.3 is 6.18 Å². The number of aryl methyl sites for hydroxylation is 1. The van der Waals surface area contributed by atoms with Crippen LogP contribution in [0.15, 0.2) is 11.5 Å². The molecule has 1 saturated heterocycles. The van der Waals surface area contributed by atoms with Crippen molar-refractivity contribution < 1.29 is 17.9 Å². The molecule has 1 fully saturated rings. The molecule has 0 aromatic carbocycles. The Morgan fingerprint density at radius 3 is 2.65 bits per heavy atom. The van der Waals surface area contributed by atoms with Crippen molar-refractivity contribution in [2.24, 2.45) is 7.05 Å². The van der Waals surface area contributed by atoms with Gasteiger partial charge in [0.05, 0.1) is 13.2 Å². The first kappa shape index (κ1) is 15.6. The van der Waals surface area contributed by atoms with Crippen LogP contribution in [0.2, 0.25) is 0 Å². The third kappa shape index (κ3) is 4.10. The number of hydrogen-bond acceptors (Lipinski definition) is 5. The average molecular weight is 310 g/mol. The van der Waals surface area contributed by atoms with E-state index < -0.39 is 12.2 Å². The van der Waals surface area contributed by atoms with Gasteiger partial charge < -0.3 is 9.30 Å². The molecule has 1 aliphatic rings. The monoisotopic (exact) mass is 310 g/mol. The zero-order valence-corrected chi connectivity index (χ0v) is 12.0. The maximum absolute atomic E-state index is 13.1. The summed E-state index contributed by atoms with van der Waals surface area (Å²) in [5.74, 6) is 0.355. The lowest BCUT2D eigenvalue weighted by molar-refractivity contribution is -0.192. The van der Waals surface area contributed by atoms with Crippen LogP contribution in [0.3, 0.4) is 0 Å². The second-order valence-electron chi connectivity index (χ2n) is 4.57. The Morgan fingerprint density at radius 1 is 1.40 bits per heavy atom. The molecule has 5 nitrogen and oxygen atoms in total. The van der Waals surface area contributed by atoms with Gasteiger partial charge in [0.25, 0.3) is 0 Å². The molecule has 1 atom stereocenters. The van der Waals surface area contributed by atoms with E-state index in [1.807, 2.05) is 0 Å². The van der Waals surface area contributed by atoms with Gasteiger partial charge in [-0.2, -0.15) is 13.2 Å². The molecule has 0 bridgehead atoms. The highest BCUT2D eigenvalue weighted by Gasteiger charge is 2.43. The molecule has 2 heterocycles. The normalized spacial score (nSPS) is 19.2. The Kier molecular flexibility index (Phi) is 5.28. The second kappa shape index (κ2) is 6.77. The lowest BCUT2D eigenvalue weighted by atomic mass is 10.1. The fraction of sp³-hybridized carbons (Fsp3) is 0.818. The summed E-state index contributed by atoms with van der Waals surface area (Å²) in [6, 6.07) is -1.41. The summed E-state index contributed by atoms with van der Waals surface area (Å²) in [6.45, 7) is 1.39. The Hall–Kier alpha value is -0.800. The highest BCUT2D eigenvalue weighted by atomic mass is 32.2. The first-order valence-corrected chi connectivity index (χ1v) is 7.32. The first-order chi connectivity index (χ1) is 9.48. The second-order valence-corrected chi connectivity index (χ2v) is 5.63. The molecule has 0 saturated carbocycles. The number of aromatic nitrogens is 3. The van der Waals surface area contributed by atoms with Gasteiger partial charge in [-0.25, -0.2) is 0 Å². The third-order valence-corrected chi connectivity index (χ3v) is 4.22. The van der Waals surface area contributed by atoms with Crippen molar-refractivity contribution in [2.45, 2.75) is 23.8 Å². The summed E-state index contributed by atoms with van der Waals surface area (Å²) in [4.78, 5) is 1.46. The van der Waals surface area contributed by atoms with Gasteiger partial charge in [-0.1, -0.05) is 11.8 Å². The SMILES string of the molecule is Cn1cnnc1SCCC(N1CCOCC1)C(F)(F)F. The zero-order valence-electron chi connectivity index (χ0n) is 11.1. The average Bonchev–Trinajstić information content (AvgIpc) is 2.80. The van der Waals surface area contributed by atoms with Crippen molar-refractivity contribution in [3.05, 3.63) is 6.33 Å². The maximum Gasteiger partial charge on any atom is 0.404 e. The third-order valence-electron chi connectivity index (χ3n) is 3.16. The highest BCUT2D eigenvalue weighted by molar-refractivity contribution is 7.99. The van der Waals surface area contributed by atoms with Crippen molar-refractivity contribution >= 4 is 11.8 Å². The number of ether oxygens (including phenoxy) is 1. The van der Waals surface area contributed by atoms with E-state index in [4.69, 9.17) is 4.74 Å². The number of nitrogens with zero attached hydrogens (tertiary/aromatic N) is 4. The van der Waals surface area contributed by atoms with E-state index >= 15 is 0 Å². The number of hydrogen-bond donors (Lipinski definition) is 0. The fourth-order valence-electron chi connectivity index (χ4n) is 2.11. The molecular weight excluding hydrogens is 293 g/mol. The van der Waals surface area contributed by atoms with Gasteiger partial charge in [0.2, 0.25) is 0 Å². The molecule has 1 aromatic heterocycles. The van der Waals surface area contributed by atoms with Gasteiger partial charge in [0.1, 0.15) is 12.4 Å². The smallest absolute Gasteiger partial charge is 0.379 e. The van der Waals surface area contributed by atoms with Crippen molar-refractivity contribution in [3.8, 4) is 0 Å². The zero-order chi connectivity index (χ0) is 14.6. The Bertz CT molecular complexity index is 420. The summed E-state index contributed by atoms with van der Waals surface area (Å²) < 4.78 is 46.2. The van der Waals surface area contributed by atoms with Crippen LogP contribution in [0, 0.1) is 0 Å². The van der Waals surface area contributed by atoms with Crippen molar-refractivity contribution in [1.29, 1.82) is 0 Å². The van der Waals surface area contributed by atoms with E-state index in [1.165, 1.54) is 23.0 Å². The number of thioether (sulfide) groups is 1. The number of alkyl halides is 3. The van der Waals surface area contributed by atoms with Crippen molar-refractivity contribution in [1.82, 2.24) is 19.7 Å². The summed E-state index contributed by atoms with van der Waals surface area (Å²) in [6.07, 6.45) is -2.63. The van der Waals surface area contributed by atoms with Crippen molar-refractivity contribution in [3.63, 3.8) is 0 Å². The molecule has 9 heteroatoms. The predicted octanol–water partition coefficient (Wildman–Crippen LogP) is 1.56. The number of halogens is 3. The summed E-state index contributed by atoms with van der Waals surface area (Å²) in [5, 5.41) is 8.18. The topological polar surface area (TPSA) is 43.2 Å². The van der Waals surface area contributed by atoms with Crippen LogP contribution in [0.5, 0.6) is 0 Å². The van der Waals surface area contributed by atoms with E-state index in [1.54, 1.807) is 11.6 Å². The molecule has 0 radical (unpaired) electrons. The highest BCUT2D eigenvalue weighted by Crippen LogP contribution is 2.29. The lowest BCUT2D eigenvalue weighted by Crippen LogP contribution is -2.50. The van der Waals surface area contributed by atoms with E-state index in [9.17, 15) is 13.2 Å². The standard InChI is InChI=1S/C11H17F3N4OS/c1-17-8-15-16-10(17)20-7-2-9(11(12,13)14)18-3-5-19-6-4-18/h8-9H,2-7H2,1H3. The number of rotatable bonds is 5. The summed E-state index contributed by atoms with van der Waals surface area (Å²) >= 11 is 1.29. The van der Waals surface area contributed by atoms with Gasteiger partial charge in [-0.15, -0.1) is 10.2 Å². The van der Waals surface area contributed by atoms with E-state index in [-0.39, 0.29) is 6.42 Å². The van der Waals surface area contributed by atoms with E-state index in [0.717, 1.165) is 0 Å². The van der Waals surface area contributed by atoms with Gasteiger partial charge in [-0.05, 0) is 6.42 Å². The quantitative estimate of drug-likeness (QED) is 0.772. The maximum atomic E-state index is 13.1. The van der Waals surface area contributed by atoms with Crippen LogP contribution in [0.25, 0.3) is 0 Å². The number of morpholine rings is 1. The molecule has 20 heavy (non-hydrogen) atoms. The van der Waals surface area contributed by atoms with Crippen LogP contribution in [-0.4, -0.2) is 63.9 Å². The molecule has 0 N–H and O–H groups in total. The van der Waals surface area contributed by atoms with Crippen molar-refractivity contribution in [2.75, 3.05) is 32.1 Å². The molecule has 1 aromatic rings. The molecular formula is C11H17F3N4OS. The van der Waals surface area contributed by atoms with E-state index in [2.05, 4.69) is 10.2 Å². The molecule has 1 unspecified atom stereocenters. The van der Waals surface area contributed by atoms with Gasteiger partial charge in [0.15, 0.2) is 5.16 Å². The van der Waals surface area contributed by atoms with Gasteiger partial charge in [-0.3, -0.25) is 4.90 Å². The minimum absolute atomic E-state index is 0.0427. The van der Waals surface area contributed by atoms with Crippen LogP contribution in [0.4, 0.5) is 13.2 Å². The largest absolute Gasteiger partial charge is 0.404 e. The minimum atomic E-state index is -4.21. The van der Waals surface area contributed by atoms with Crippen LogP contribution < -0.4 is 0 Å². The van der Waals surface area contributed by atoms with Crippen LogP contribution >= 0.6 is 11.8 Å². The molecule has 1 aliphatic heterocycles. The van der Waals surface area contributed by atoms with Crippen LogP contribution in [0.1, 0.15) is 6.42 Å². The molecule has 2 rings (SSSR count). The molecule has 0 spiro atoms. The Balaban J connectivity index is 1.89. The Labute approximate surface area is 119 Å². The Morgan fingerprint density at radius 2 is 2.10 bits per heavy atom. The van der Waals surface area contributed by atoms with Crippen LogP contribution in [-0.2, 0) is 11.8 Å². The minimum Gasteiger partial charge on any atom is -0.379 e. The lowest BCUT2D eigenvalue weighted by Gasteiger charge is -2.35. The van der Waals surface area contributed by atoms with Gasteiger partial charge in [0, 0.05) is 25.9 Å². The molecule has 0 amide bonds. The molecule has 0 aliphatic carbocycles. The summed E-state index contributed by atoms with van der Waals surface area (Å²) in [7, 11) is 1.77. The van der Waals surface area contributed by atoms with E-state index in [0.29, 0.717) is 37.2 Å². The predicted molar refractivity (Wildman–Crippen MR) is 68.6 cm³/mol. The molecule has 114 valence electrons.